The van der Waals surface area contributed by atoms with Crippen LogP contribution in [0.5, 0.6) is 0 Å². The normalized spacial score (nSPS) is 23.7. The van der Waals surface area contributed by atoms with Crippen LogP contribution in [0.25, 0.3) is 0 Å². The van der Waals surface area contributed by atoms with Crippen molar-refractivity contribution in [2.24, 2.45) is 4.99 Å². The van der Waals surface area contributed by atoms with Crippen molar-refractivity contribution in [1.82, 2.24) is 20.0 Å². The summed E-state index contributed by atoms with van der Waals surface area (Å²) in [5.74, 6) is 0.0583. The van der Waals surface area contributed by atoms with Crippen LogP contribution in [0.4, 0.5) is 14.9 Å². The molecule has 2 unspecified atom stereocenters. The first-order chi connectivity index (χ1) is 13.0. The van der Waals surface area contributed by atoms with Gasteiger partial charge in [0.15, 0.2) is 12.2 Å². The smallest absolute Gasteiger partial charge is 0.325 e. The van der Waals surface area contributed by atoms with E-state index in [0.717, 1.165) is 12.1 Å². The number of hydrogen-bond donors (Lipinski definition) is 2. The topological polar surface area (TPSA) is 80.3 Å². The molecule has 8 nitrogen and oxygen atoms in total. The van der Waals surface area contributed by atoms with Gasteiger partial charge in [0.1, 0.15) is 5.82 Å². The Morgan fingerprint density at radius 1 is 1.30 bits per heavy atom. The maximum absolute atomic E-state index is 13.7. The van der Waals surface area contributed by atoms with Gasteiger partial charge in [0, 0.05) is 32.0 Å². The summed E-state index contributed by atoms with van der Waals surface area (Å²) in [7, 11) is 1.63. The molecule has 3 aliphatic rings. The van der Waals surface area contributed by atoms with Crippen molar-refractivity contribution in [2.75, 3.05) is 25.5 Å². The first-order valence-electron chi connectivity index (χ1n) is 8.85. The fourth-order valence-electron chi connectivity index (χ4n) is 3.59. The van der Waals surface area contributed by atoms with Crippen molar-refractivity contribution in [1.29, 1.82) is 0 Å². The van der Waals surface area contributed by atoms with E-state index in [-0.39, 0.29) is 11.7 Å². The number of nitrogens with one attached hydrogen (secondary N) is 2. The molecule has 0 aliphatic carbocycles. The van der Waals surface area contributed by atoms with E-state index in [1.807, 2.05) is 22.9 Å². The van der Waals surface area contributed by atoms with Crippen LogP contribution in [-0.2, 0) is 4.79 Å². The number of para-hydroxylation sites is 1. The van der Waals surface area contributed by atoms with Gasteiger partial charge in [0.2, 0.25) is 5.96 Å². The molecule has 0 bridgehead atoms. The average molecular weight is 372 g/mol. The Labute approximate surface area is 156 Å². The van der Waals surface area contributed by atoms with Gasteiger partial charge in [-0.2, -0.15) is 0 Å². The molecule has 27 heavy (non-hydrogen) atoms. The van der Waals surface area contributed by atoms with E-state index in [0.29, 0.717) is 24.7 Å². The number of aliphatic imine (C=N–C) groups is 1. The van der Waals surface area contributed by atoms with E-state index in [1.54, 1.807) is 25.2 Å². The van der Waals surface area contributed by atoms with Gasteiger partial charge in [-0.1, -0.05) is 12.1 Å². The number of likely N-dealkylation sites (N-methyl/N-ethyl adjacent to an activating group) is 1. The van der Waals surface area contributed by atoms with Gasteiger partial charge in [-0.05, 0) is 25.5 Å². The van der Waals surface area contributed by atoms with Crippen molar-refractivity contribution in [3.05, 3.63) is 42.0 Å². The maximum Gasteiger partial charge on any atom is 0.325 e. The van der Waals surface area contributed by atoms with Gasteiger partial charge < -0.3 is 20.0 Å². The van der Waals surface area contributed by atoms with Crippen LogP contribution >= 0.6 is 0 Å². The molecule has 2 atom stereocenters. The third kappa shape index (κ3) is 2.88. The predicted molar refractivity (Wildman–Crippen MR) is 98.1 cm³/mol. The number of carbonyl (C=O) groups excluding carboxylic acids is 2. The molecule has 0 radical (unpaired) electrons. The maximum atomic E-state index is 13.7. The van der Waals surface area contributed by atoms with Crippen molar-refractivity contribution in [3.8, 4) is 0 Å². The molecule has 3 heterocycles. The molecule has 9 heteroatoms. The third-order valence-corrected chi connectivity index (χ3v) is 5.02. The molecule has 1 saturated heterocycles. The number of hydrogen-bond acceptors (Lipinski definition) is 6. The van der Waals surface area contributed by atoms with Gasteiger partial charge in [-0.15, -0.1) is 0 Å². The Morgan fingerprint density at radius 3 is 2.85 bits per heavy atom. The van der Waals surface area contributed by atoms with E-state index in [2.05, 4.69) is 15.6 Å². The van der Waals surface area contributed by atoms with E-state index in [9.17, 15) is 14.0 Å². The first kappa shape index (κ1) is 17.3. The lowest BCUT2D eigenvalue weighted by Gasteiger charge is -2.34. The van der Waals surface area contributed by atoms with Gasteiger partial charge in [0.05, 0.1) is 5.69 Å². The molecule has 1 aromatic carbocycles. The van der Waals surface area contributed by atoms with Crippen LogP contribution in [-0.4, -0.2) is 64.9 Å². The minimum absolute atomic E-state index is 0.274. The number of benzene rings is 1. The van der Waals surface area contributed by atoms with Crippen LogP contribution < -0.4 is 10.6 Å². The lowest BCUT2D eigenvalue weighted by atomic mass is 10.1. The zero-order valence-electron chi connectivity index (χ0n) is 15.1. The summed E-state index contributed by atoms with van der Waals surface area (Å²) in [5.41, 5.74) is 1.46. The SMILES string of the molecule is CC1=CN2C(=NC3C2C(=O)NC(=O)N3C)N1CCCNc1ccccc1F. The summed E-state index contributed by atoms with van der Waals surface area (Å²) in [6, 6.07) is 5.59. The van der Waals surface area contributed by atoms with Crippen molar-refractivity contribution in [2.45, 2.75) is 25.6 Å². The number of allylic oxidation sites excluding steroid dienone is 1. The molecule has 2 N–H and O–H groups in total. The fourth-order valence-corrected chi connectivity index (χ4v) is 3.59. The van der Waals surface area contributed by atoms with E-state index >= 15 is 0 Å². The standard InChI is InChI=1S/C18H21FN6O2/c1-11-10-25-14-15(23(2)18(27)22-16(14)26)21-17(25)24(11)9-5-8-20-13-7-4-3-6-12(13)19/h3-4,6-7,10,14-15,20H,5,8-9H2,1-2H3,(H,22,26,27). The number of nitrogens with zero attached hydrogens (tertiary/aromatic N) is 4. The summed E-state index contributed by atoms with van der Waals surface area (Å²) < 4.78 is 13.7. The van der Waals surface area contributed by atoms with E-state index in [1.165, 1.54) is 11.0 Å². The minimum Gasteiger partial charge on any atom is -0.383 e. The number of carbonyl (C=O) groups is 2. The number of imide groups is 1. The molecule has 0 aromatic heterocycles. The second-order valence-corrected chi connectivity index (χ2v) is 6.78. The Morgan fingerprint density at radius 2 is 2.07 bits per heavy atom. The van der Waals surface area contributed by atoms with E-state index in [4.69, 9.17) is 0 Å². The number of anilines is 1. The Kier molecular flexibility index (Phi) is 4.21. The molecule has 142 valence electrons. The number of fused-ring (bicyclic) bond motifs is 3. The molecule has 3 aliphatic heterocycles. The van der Waals surface area contributed by atoms with Crippen LogP contribution in [0.1, 0.15) is 13.3 Å². The Balaban J connectivity index is 1.41. The summed E-state index contributed by atoms with van der Waals surface area (Å²) in [6.45, 7) is 3.22. The third-order valence-electron chi connectivity index (χ3n) is 5.02. The average Bonchev–Trinajstić information content (AvgIpc) is 3.14. The van der Waals surface area contributed by atoms with Crippen LogP contribution in [0, 0.1) is 5.82 Å². The van der Waals surface area contributed by atoms with Crippen LogP contribution in [0.3, 0.4) is 0 Å². The highest BCUT2D eigenvalue weighted by Gasteiger charge is 2.51. The van der Waals surface area contributed by atoms with Crippen molar-refractivity contribution < 1.29 is 14.0 Å². The highest BCUT2D eigenvalue weighted by atomic mass is 19.1. The van der Waals surface area contributed by atoms with E-state index < -0.39 is 18.2 Å². The number of halogens is 1. The molecule has 0 saturated carbocycles. The van der Waals surface area contributed by atoms with Gasteiger partial charge >= 0.3 is 6.03 Å². The largest absolute Gasteiger partial charge is 0.383 e. The second kappa shape index (κ2) is 6.57. The zero-order chi connectivity index (χ0) is 19.1. The quantitative estimate of drug-likeness (QED) is 0.763. The van der Waals surface area contributed by atoms with Gasteiger partial charge in [-0.3, -0.25) is 10.1 Å². The monoisotopic (exact) mass is 372 g/mol. The summed E-state index contributed by atoms with van der Waals surface area (Å²) >= 11 is 0. The molecule has 0 spiro atoms. The summed E-state index contributed by atoms with van der Waals surface area (Å²) in [4.78, 5) is 34.0. The number of guanidine groups is 1. The highest BCUT2D eigenvalue weighted by Crippen LogP contribution is 2.31. The molecule has 1 fully saturated rings. The summed E-state index contributed by atoms with van der Waals surface area (Å²) in [5, 5.41) is 5.45. The number of rotatable bonds is 5. The van der Waals surface area contributed by atoms with Gasteiger partial charge in [0.25, 0.3) is 5.91 Å². The minimum atomic E-state index is -0.542. The molecule has 1 aromatic rings. The molecular formula is C18H21FN6O2. The summed E-state index contributed by atoms with van der Waals surface area (Å²) in [6.07, 6.45) is 2.12. The van der Waals surface area contributed by atoms with Crippen molar-refractivity contribution in [3.63, 3.8) is 0 Å². The molecular weight excluding hydrogens is 351 g/mol. The van der Waals surface area contributed by atoms with Gasteiger partial charge in [-0.25, -0.2) is 14.2 Å². The highest BCUT2D eigenvalue weighted by molar-refractivity contribution is 6.04. The first-order valence-corrected chi connectivity index (χ1v) is 8.85. The molecule has 4 rings (SSSR count). The Hall–Kier alpha value is -3.10. The predicted octanol–water partition coefficient (Wildman–Crippen LogP) is 1.35. The number of amides is 3. The zero-order valence-corrected chi connectivity index (χ0v) is 15.1. The Bertz CT molecular complexity index is 854. The fraction of sp³-hybridized carbons (Fsp3) is 0.389. The van der Waals surface area contributed by atoms with Crippen LogP contribution in [0.2, 0.25) is 0 Å². The van der Waals surface area contributed by atoms with Crippen molar-refractivity contribution >= 4 is 23.6 Å². The van der Waals surface area contributed by atoms with Crippen LogP contribution in [0.15, 0.2) is 41.2 Å². The molecule has 3 amide bonds. The second-order valence-electron chi connectivity index (χ2n) is 6.78. The lowest BCUT2D eigenvalue weighted by molar-refractivity contribution is -0.126. The number of urea groups is 1. The lowest BCUT2D eigenvalue weighted by Crippen LogP contribution is -2.62.